The minimum atomic E-state index is -0.914. The van der Waals surface area contributed by atoms with Crippen LogP contribution in [0.3, 0.4) is 0 Å². The van der Waals surface area contributed by atoms with Gasteiger partial charge < -0.3 is 9.47 Å². The molecule has 1 unspecified atom stereocenters. The predicted octanol–water partition coefficient (Wildman–Crippen LogP) is 0.869. The van der Waals surface area contributed by atoms with E-state index >= 15 is 0 Å². The second kappa shape index (κ2) is 2.05. The molecule has 0 N–H and O–H groups in total. The summed E-state index contributed by atoms with van der Waals surface area (Å²) in [4.78, 5) is 11.3. The molecular weight excluding hydrogens is 144 g/mol. The molecule has 0 aromatic carbocycles. The highest BCUT2D eigenvalue weighted by Gasteiger charge is 2.50. The minimum absolute atomic E-state index is 0.0897. The molecule has 0 saturated carbocycles. The van der Waals surface area contributed by atoms with Crippen molar-refractivity contribution < 1.29 is 14.3 Å². The molecular formula is C8H12O3. The van der Waals surface area contributed by atoms with E-state index in [0.717, 1.165) is 6.42 Å². The molecule has 0 aliphatic carbocycles. The number of fused-ring (bicyclic) bond motifs is 2. The van der Waals surface area contributed by atoms with E-state index in [2.05, 4.69) is 0 Å². The lowest BCUT2D eigenvalue weighted by molar-refractivity contribution is -0.261. The highest BCUT2D eigenvalue weighted by molar-refractivity contribution is 5.87. The van der Waals surface area contributed by atoms with Gasteiger partial charge in [0.2, 0.25) is 5.79 Å². The molecule has 2 fully saturated rings. The van der Waals surface area contributed by atoms with Gasteiger partial charge in [-0.2, -0.15) is 0 Å². The number of carbonyl (C=O) groups excluding carboxylic acids is 1. The summed E-state index contributed by atoms with van der Waals surface area (Å²) in [6, 6.07) is 0. The van der Waals surface area contributed by atoms with Gasteiger partial charge in [0.25, 0.3) is 0 Å². The van der Waals surface area contributed by atoms with Crippen LogP contribution in [0.15, 0.2) is 0 Å². The standard InChI is InChI=1S/C8H12O3/c1-5-3-6-4-7(9)8(2,10-5)11-6/h5-6H,3-4H2,1-2H3/t5-,6?,8+/m0/s1. The van der Waals surface area contributed by atoms with E-state index in [-0.39, 0.29) is 18.0 Å². The summed E-state index contributed by atoms with van der Waals surface area (Å²) in [6.45, 7) is 3.69. The maximum atomic E-state index is 11.3. The fourth-order valence-electron chi connectivity index (χ4n) is 1.84. The molecule has 2 rings (SSSR count). The second-order valence-corrected chi connectivity index (χ2v) is 3.48. The normalized spacial score (nSPS) is 49.8. The van der Waals surface area contributed by atoms with Crippen LogP contribution < -0.4 is 0 Å². The molecule has 3 heteroatoms. The first-order valence-corrected chi connectivity index (χ1v) is 3.99. The van der Waals surface area contributed by atoms with Crippen molar-refractivity contribution in [2.75, 3.05) is 0 Å². The number of carbonyl (C=O) groups is 1. The molecule has 2 saturated heterocycles. The van der Waals surface area contributed by atoms with Crippen LogP contribution in [-0.4, -0.2) is 23.8 Å². The number of hydrogen-bond donors (Lipinski definition) is 0. The number of ketones is 1. The number of Topliss-reactive ketones (excluding diaryl/α,β-unsaturated/α-hetero) is 1. The first-order valence-electron chi connectivity index (χ1n) is 3.99. The number of rotatable bonds is 0. The van der Waals surface area contributed by atoms with Crippen LogP contribution in [0.4, 0.5) is 0 Å². The van der Waals surface area contributed by atoms with E-state index in [1.807, 2.05) is 6.92 Å². The van der Waals surface area contributed by atoms with E-state index in [1.165, 1.54) is 0 Å². The van der Waals surface area contributed by atoms with Crippen molar-refractivity contribution >= 4 is 5.78 Å². The van der Waals surface area contributed by atoms with Crippen LogP contribution in [0.1, 0.15) is 26.7 Å². The molecule has 0 spiro atoms. The molecule has 2 aliphatic rings. The molecule has 62 valence electrons. The van der Waals surface area contributed by atoms with E-state index < -0.39 is 5.79 Å². The van der Waals surface area contributed by atoms with Crippen molar-refractivity contribution in [2.24, 2.45) is 0 Å². The fraction of sp³-hybridized carbons (Fsp3) is 0.875. The van der Waals surface area contributed by atoms with Gasteiger partial charge in [-0.25, -0.2) is 0 Å². The predicted molar refractivity (Wildman–Crippen MR) is 38.1 cm³/mol. The van der Waals surface area contributed by atoms with Gasteiger partial charge in [-0.15, -0.1) is 0 Å². The third-order valence-corrected chi connectivity index (χ3v) is 2.33. The molecule has 0 aromatic rings. The number of ether oxygens (including phenoxy) is 2. The fourth-order valence-corrected chi connectivity index (χ4v) is 1.84. The summed E-state index contributed by atoms with van der Waals surface area (Å²) in [5.41, 5.74) is 0. The van der Waals surface area contributed by atoms with Crippen molar-refractivity contribution in [1.82, 2.24) is 0 Å². The van der Waals surface area contributed by atoms with E-state index in [0.29, 0.717) is 6.42 Å². The van der Waals surface area contributed by atoms with Crippen molar-refractivity contribution in [1.29, 1.82) is 0 Å². The third-order valence-electron chi connectivity index (χ3n) is 2.33. The summed E-state index contributed by atoms with van der Waals surface area (Å²) in [5.74, 6) is -0.825. The average Bonchev–Trinajstić information content (AvgIpc) is 2.02. The van der Waals surface area contributed by atoms with Gasteiger partial charge in [-0.05, 0) is 13.8 Å². The Bertz CT molecular complexity index is 202. The van der Waals surface area contributed by atoms with Crippen molar-refractivity contribution in [2.45, 2.75) is 44.7 Å². The molecule has 3 nitrogen and oxygen atoms in total. The van der Waals surface area contributed by atoms with Crippen LogP contribution in [0.25, 0.3) is 0 Å². The van der Waals surface area contributed by atoms with Gasteiger partial charge in [0, 0.05) is 12.8 Å². The Balaban J connectivity index is 2.25. The van der Waals surface area contributed by atoms with Gasteiger partial charge >= 0.3 is 0 Å². The SMILES string of the molecule is C[C@H]1CC2CC(=O)[C@@](C)(O2)O1. The Hall–Kier alpha value is -0.410. The molecule has 2 heterocycles. The molecule has 2 bridgehead atoms. The van der Waals surface area contributed by atoms with Crippen molar-refractivity contribution in [3.63, 3.8) is 0 Å². The maximum absolute atomic E-state index is 11.3. The second-order valence-electron chi connectivity index (χ2n) is 3.48. The lowest BCUT2D eigenvalue weighted by Gasteiger charge is -2.32. The molecule has 2 aliphatic heterocycles. The van der Waals surface area contributed by atoms with Gasteiger partial charge in [0.05, 0.1) is 12.2 Å². The highest BCUT2D eigenvalue weighted by Crippen LogP contribution is 2.36. The molecule has 11 heavy (non-hydrogen) atoms. The summed E-state index contributed by atoms with van der Waals surface area (Å²) < 4.78 is 10.8. The average molecular weight is 156 g/mol. The van der Waals surface area contributed by atoms with Crippen LogP contribution in [0, 0.1) is 0 Å². The third kappa shape index (κ3) is 0.993. The molecule has 0 radical (unpaired) electrons. The maximum Gasteiger partial charge on any atom is 0.226 e. The Morgan fingerprint density at radius 1 is 1.55 bits per heavy atom. The summed E-state index contributed by atoms with van der Waals surface area (Å²) in [7, 11) is 0. The van der Waals surface area contributed by atoms with Crippen molar-refractivity contribution in [3.8, 4) is 0 Å². The zero-order chi connectivity index (χ0) is 8.06. The highest BCUT2D eigenvalue weighted by atomic mass is 16.7. The molecule has 3 atom stereocenters. The Labute approximate surface area is 65.7 Å². The Kier molecular flexibility index (Phi) is 1.35. The topological polar surface area (TPSA) is 35.5 Å². The van der Waals surface area contributed by atoms with Crippen LogP contribution in [-0.2, 0) is 14.3 Å². The monoisotopic (exact) mass is 156 g/mol. The van der Waals surface area contributed by atoms with Gasteiger partial charge in [0.1, 0.15) is 0 Å². The molecule has 0 aromatic heterocycles. The van der Waals surface area contributed by atoms with Crippen molar-refractivity contribution in [3.05, 3.63) is 0 Å². The molecule has 0 amide bonds. The van der Waals surface area contributed by atoms with Gasteiger partial charge in [-0.3, -0.25) is 4.79 Å². The van der Waals surface area contributed by atoms with E-state index in [9.17, 15) is 4.79 Å². The first-order chi connectivity index (χ1) is 5.10. The summed E-state index contributed by atoms with van der Waals surface area (Å²) >= 11 is 0. The number of hydrogen-bond acceptors (Lipinski definition) is 3. The van der Waals surface area contributed by atoms with Crippen LogP contribution in [0.2, 0.25) is 0 Å². The summed E-state index contributed by atoms with van der Waals surface area (Å²) in [6.07, 6.45) is 1.64. The van der Waals surface area contributed by atoms with Gasteiger partial charge in [-0.1, -0.05) is 0 Å². The summed E-state index contributed by atoms with van der Waals surface area (Å²) in [5, 5.41) is 0. The Morgan fingerprint density at radius 2 is 2.27 bits per heavy atom. The minimum Gasteiger partial charge on any atom is -0.341 e. The first kappa shape index (κ1) is 7.25. The Morgan fingerprint density at radius 3 is 2.91 bits per heavy atom. The van der Waals surface area contributed by atoms with E-state index in [1.54, 1.807) is 6.92 Å². The van der Waals surface area contributed by atoms with Crippen LogP contribution in [0.5, 0.6) is 0 Å². The van der Waals surface area contributed by atoms with Crippen LogP contribution >= 0.6 is 0 Å². The zero-order valence-electron chi connectivity index (χ0n) is 6.79. The quantitative estimate of drug-likeness (QED) is 0.522. The van der Waals surface area contributed by atoms with E-state index in [4.69, 9.17) is 9.47 Å². The lowest BCUT2D eigenvalue weighted by Crippen LogP contribution is -2.42. The zero-order valence-corrected chi connectivity index (χ0v) is 6.79. The largest absolute Gasteiger partial charge is 0.341 e. The van der Waals surface area contributed by atoms with Gasteiger partial charge in [0.15, 0.2) is 5.78 Å². The smallest absolute Gasteiger partial charge is 0.226 e. The lowest BCUT2D eigenvalue weighted by atomic mass is 10.1.